The minimum Gasteiger partial charge on any atom is -0.270 e. The Hall–Kier alpha value is 1.37. The van der Waals surface area contributed by atoms with Crippen molar-refractivity contribution in [2.75, 3.05) is 42.3 Å². The molecule has 0 saturated heterocycles. The van der Waals surface area contributed by atoms with Crippen molar-refractivity contribution in [1.82, 2.24) is 14.0 Å². The zero-order chi connectivity index (χ0) is 9.23. The molecule has 0 bridgehead atoms. The van der Waals surface area contributed by atoms with Crippen LogP contribution in [-0.4, -0.2) is 56.3 Å². The van der Waals surface area contributed by atoms with Gasteiger partial charge >= 0.3 is 0 Å². The summed E-state index contributed by atoms with van der Waals surface area (Å²) >= 11 is 0. The summed E-state index contributed by atoms with van der Waals surface area (Å²) in [7, 11) is 8.49. The second-order valence-electron chi connectivity index (χ2n) is 3.05. The van der Waals surface area contributed by atoms with E-state index in [0.717, 1.165) is 0 Å². The van der Waals surface area contributed by atoms with Crippen molar-refractivity contribution in [3.63, 3.8) is 0 Å². The van der Waals surface area contributed by atoms with Crippen molar-refractivity contribution in [2.45, 2.75) is 0 Å². The molecule has 0 saturated carbocycles. The molecule has 6 heteroatoms. The molecule has 0 aliphatic carbocycles. The third kappa shape index (κ3) is 3.26. The molecule has 0 rings (SSSR count). The Morgan fingerprint density at radius 3 is 0.917 bits per heavy atom. The average Bonchev–Trinajstić information content (AvgIpc) is 1.84. The third-order valence-electron chi connectivity index (χ3n) is 1.56. The molecule has 4 nitrogen and oxygen atoms in total. The van der Waals surface area contributed by atoms with E-state index in [9.17, 15) is 4.57 Å². The van der Waals surface area contributed by atoms with Gasteiger partial charge in [0.15, 0.2) is 0 Å². The second kappa shape index (κ2) is 5.97. The Morgan fingerprint density at radius 1 is 0.750 bits per heavy atom. The van der Waals surface area contributed by atoms with Crippen LogP contribution in [0.25, 0.3) is 0 Å². The predicted octanol–water partition coefficient (Wildman–Crippen LogP) is 0.779. The summed E-state index contributed by atoms with van der Waals surface area (Å²) in [5.41, 5.74) is 0. The van der Waals surface area contributed by atoms with E-state index in [0.29, 0.717) is 0 Å². The van der Waals surface area contributed by atoms with E-state index < -0.39 is 7.59 Å². The van der Waals surface area contributed by atoms with E-state index in [4.69, 9.17) is 0 Å². The van der Waals surface area contributed by atoms with E-state index in [1.165, 1.54) is 0 Å². The molecule has 0 aliphatic heterocycles. The van der Waals surface area contributed by atoms with Crippen molar-refractivity contribution in [1.29, 1.82) is 0 Å². The fraction of sp³-hybridized carbons (Fsp3) is 1.00. The van der Waals surface area contributed by atoms with Crippen molar-refractivity contribution in [3.05, 3.63) is 0 Å². The summed E-state index contributed by atoms with van der Waals surface area (Å²) in [6.45, 7) is 0. The first-order valence-corrected chi connectivity index (χ1v) is 5.03. The van der Waals surface area contributed by atoms with Crippen molar-refractivity contribution < 1.29 is 42.3 Å². The molecule has 0 spiro atoms. The van der Waals surface area contributed by atoms with Gasteiger partial charge in [-0.15, -0.1) is 0 Å². The fourth-order valence-electron chi connectivity index (χ4n) is 1.07. The van der Waals surface area contributed by atoms with E-state index in [2.05, 4.69) is 0 Å². The van der Waals surface area contributed by atoms with Crippen LogP contribution in [0.2, 0.25) is 0 Å². The number of hydrogen-bond donors (Lipinski definition) is 0. The van der Waals surface area contributed by atoms with Crippen LogP contribution in [-0.2, 0) is 4.57 Å². The van der Waals surface area contributed by atoms with Gasteiger partial charge in [0.2, 0.25) is 0 Å². The topological polar surface area (TPSA) is 26.8 Å². The molecule has 0 aromatic rings. The molecule has 0 aromatic heterocycles. The largest absolute Gasteiger partial charge is 0.285 e. The van der Waals surface area contributed by atoms with Gasteiger partial charge in [-0.2, -0.15) is 0 Å². The molecule has 76 valence electrons. The minimum atomic E-state index is -2.44. The predicted molar refractivity (Wildman–Crippen MR) is 48.7 cm³/mol. The van der Waals surface area contributed by atoms with E-state index in [1.54, 1.807) is 14.0 Å². The summed E-state index contributed by atoms with van der Waals surface area (Å²) in [6.07, 6.45) is 0. The van der Waals surface area contributed by atoms with Gasteiger partial charge in [0.05, 0.1) is 0 Å². The molecule has 0 unspecified atom stereocenters. The van der Waals surface area contributed by atoms with Gasteiger partial charge in [0, 0.05) is 37.7 Å². The monoisotopic (exact) mass is 219 g/mol. The van der Waals surface area contributed by atoms with Crippen LogP contribution >= 0.6 is 7.59 Å². The Kier molecular flexibility index (Phi) is 7.87. The van der Waals surface area contributed by atoms with Gasteiger partial charge in [-0.05, 0) is 42.3 Å². The molecule has 0 heterocycles. The molecule has 0 aliphatic rings. The fourth-order valence-corrected chi connectivity index (χ4v) is 3.22. The molecule has 0 N–H and O–H groups in total. The van der Waals surface area contributed by atoms with Crippen molar-refractivity contribution >= 4 is 7.59 Å². The SMILES string of the molecule is CN(C)P(=O)(N(C)C)N(C)C.[Ar]. The van der Waals surface area contributed by atoms with Crippen LogP contribution in [0.3, 0.4) is 0 Å². The Balaban J connectivity index is 0. The first-order chi connectivity index (χ1) is 4.83. The smallest absolute Gasteiger partial charge is 0.270 e. The molecule has 0 atom stereocenters. The molecular weight excluding hydrogens is 201 g/mol. The first kappa shape index (κ1) is 15.8. The average molecular weight is 219 g/mol. The van der Waals surface area contributed by atoms with Crippen LogP contribution in [0.1, 0.15) is 0 Å². The van der Waals surface area contributed by atoms with E-state index in [-0.39, 0.29) is 37.7 Å². The van der Waals surface area contributed by atoms with E-state index in [1.807, 2.05) is 42.3 Å². The van der Waals surface area contributed by atoms with Gasteiger partial charge in [-0.3, -0.25) is 4.57 Å². The van der Waals surface area contributed by atoms with Gasteiger partial charge in [-0.25, -0.2) is 14.0 Å². The van der Waals surface area contributed by atoms with Crippen LogP contribution in [0.5, 0.6) is 0 Å². The first-order valence-electron chi connectivity index (χ1n) is 3.47. The zero-order valence-electron chi connectivity index (χ0n) is 8.55. The molecular formula is C6H18ArN3OP. The maximum atomic E-state index is 12.1. The Bertz CT molecular complexity index is 144. The maximum absolute atomic E-state index is 12.1. The number of nitrogens with zero attached hydrogens (tertiary/aromatic N) is 3. The Morgan fingerprint density at radius 2 is 0.917 bits per heavy atom. The quantitative estimate of drug-likeness (QED) is 0.655. The summed E-state index contributed by atoms with van der Waals surface area (Å²) in [4.78, 5) is 0. The summed E-state index contributed by atoms with van der Waals surface area (Å²) in [6, 6.07) is 0. The van der Waals surface area contributed by atoms with Gasteiger partial charge in [-0.1, -0.05) is 0 Å². The standard InChI is InChI=1S/C6H18N3OP.Ar/c1-7(2)11(10,8(3)4)9(5)6;/h1-6H3;. The van der Waals surface area contributed by atoms with Crippen LogP contribution < -0.4 is 0 Å². The van der Waals surface area contributed by atoms with Crippen molar-refractivity contribution in [3.8, 4) is 0 Å². The maximum Gasteiger partial charge on any atom is 0.285 e. The molecule has 12 heavy (non-hydrogen) atoms. The summed E-state index contributed by atoms with van der Waals surface area (Å²) < 4.78 is 17.3. The minimum absolute atomic E-state index is 0. The molecule has 0 radical (unpaired) electrons. The summed E-state index contributed by atoms with van der Waals surface area (Å²) in [5, 5.41) is 0. The van der Waals surface area contributed by atoms with E-state index >= 15 is 0 Å². The number of rotatable bonds is 3. The van der Waals surface area contributed by atoms with Crippen LogP contribution in [0.4, 0.5) is 0 Å². The normalized spacial score (nSPS) is 12.4. The van der Waals surface area contributed by atoms with Gasteiger partial charge < -0.3 is 0 Å². The van der Waals surface area contributed by atoms with Gasteiger partial charge in [0.25, 0.3) is 7.59 Å². The summed E-state index contributed by atoms with van der Waals surface area (Å²) in [5.74, 6) is 0. The third-order valence-corrected chi connectivity index (χ3v) is 4.69. The molecule has 0 fully saturated rings. The van der Waals surface area contributed by atoms with Gasteiger partial charge in [0.1, 0.15) is 0 Å². The zero-order valence-corrected chi connectivity index (χ0v) is 10.2. The van der Waals surface area contributed by atoms with Crippen molar-refractivity contribution in [2.24, 2.45) is 0 Å². The Labute approximate surface area is 105 Å². The molecule has 0 aromatic carbocycles. The van der Waals surface area contributed by atoms with Crippen LogP contribution in [0, 0.1) is 37.7 Å². The van der Waals surface area contributed by atoms with Crippen LogP contribution in [0.15, 0.2) is 0 Å². The number of hydrogen-bond acceptors (Lipinski definition) is 1. The molecule has 0 amide bonds. The second-order valence-corrected chi connectivity index (χ2v) is 6.48.